The number of nitrogens with one attached hydrogen (secondary N) is 1. The van der Waals surface area contributed by atoms with Crippen molar-refractivity contribution in [3.63, 3.8) is 0 Å². The Morgan fingerprint density at radius 1 is 0.913 bits per heavy atom. The Morgan fingerprint density at radius 3 is 2.17 bits per heavy atom. The number of nitrogens with zero attached hydrogens (tertiary/aromatic N) is 1. The van der Waals surface area contributed by atoms with E-state index in [0.29, 0.717) is 5.71 Å². The van der Waals surface area contributed by atoms with Crippen LogP contribution >= 0.6 is 0 Å². The molecule has 2 aromatic carbocycles. The van der Waals surface area contributed by atoms with E-state index in [4.69, 9.17) is 0 Å². The van der Waals surface area contributed by atoms with Crippen LogP contribution in [-0.4, -0.2) is 27.6 Å². The first kappa shape index (κ1) is 16.2. The SMILES string of the molecule is CC(C)=NNC(=O)c1cccc(C(=O)c2ccccc2O)c1O. The van der Waals surface area contributed by atoms with Crippen molar-refractivity contribution in [2.45, 2.75) is 13.8 Å². The van der Waals surface area contributed by atoms with Gasteiger partial charge in [0, 0.05) is 5.71 Å². The molecule has 6 heteroatoms. The minimum atomic E-state index is -0.629. The quantitative estimate of drug-likeness (QED) is 0.459. The molecule has 0 aromatic heterocycles. The van der Waals surface area contributed by atoms with Gasteiger partial charge in [0.05, 0.1) is 16.7 Å². The van der Waals surface area contributed by atoms with E-state index in [1.165, 1.54) is 30.3 Å². The van der Waals surface area contributed by atoms with Crippen molar-refractivity contribution in [2.24, 2.45) is 5.10 Å². The summed E-state index contributed by atoms with van der Waals surface area (Å²) in [4.78, 5) is 24.5. The average Bonchev–Trinajstić information content (AvgIpc) is 2.52. The Balaban J connectivity index is 2.40. The fourth-order valence-electron chi connectivity index (χ4n) is 1.94. The molecule has 0 aliphatic rings. The molecule has 0 saturated heterocycles. The van der Waals surface area contributed by atoms with Crippen LogP contribution in [-0.2, 0) is 0 Å². The highest BCUT2D eigenvalue weighted by Gasteiger charge is 2.21. The number of ketones is 1. The van der Waals surface area contributed by atoms with Crippen molar-refractivity contribution in [3.8, 4) is 11.5 Å². The first-order valence-electron chi connectivity index (χ1n) is 6.87. The molecule has 23 heavy (non-hydrogen) atoms. The van der Waals surface area contributed by atoms with Crippen LogP contribution in [0.5, 0.6) is 11.5 Å². The third-order valence-corrected chi connectivity index (χ3v) is 3.06. The summed E-state index contributed by atoms with van der Waals surface area (Å²) < 4.78 is 0. The van der Waals surface area contributed by atoms with E-state index >= 15 is 0 Å². The smallest absolute Gasteiger partial charge is 0.275 e. The average molecular weight is 312 g/mol. The number of phenolic OH excluding ortho intramolecular Hbond substituents is 2. The number of carbonyl (C=O) groups excluding carboxylic acids is 2. The lowest BCUT2D eigenvalue weighted by Gasteiger charge is -2.09. The van der Waals surface area contributed by atoms with Gasteiger partial charge in [0.2, 0.25) is 0 Å². The molecule has 2 rings (SSSR count). The van der Waals surface area contributed by atoms with E-state index in [1.807, 2.05) is 0 Å². The van der Waals surface area contributed by atoms with E-state index in [9.17, 15) is 19.8 Å². The lowest BCUT2D eigenvalue weighted by atomic mass is 9.99. The fraction of sp³-hybridized carbons (Fsp3) is 0.118. The monoisotopic (exact) mass is 312 g/mol. The van der Waals surface area contributed by atoms with Crippen molar-refractivity contribution < 1.29 is 19.8 Å². The van der Waals surface area contributed by atoms with Crippen LogP contribution in [0.25, 0.3) is 0 Å². The third kappa shape index (κ3) is 3.55. The van der Waals surface area contributed by atoms with Crippen LogP contribution in [0.4, 0.5) is 0 Å². The Kier molecular flexibility index (Phi) is 4.75. The highest BCUT2D eigenvalue weighted by molar-refractivity contribution is 6.14. The van der Waals surface area contributed by atoms with Gasteiger partial charge in [0.25, 0.3) is 5.91 Å². The maximum Gasteiger partial charge on any atom is 0.275 e. The van der Waals surface area contributed by atoms with Crippen LogP contribution in [0, 0.1) is 0 Å². The number of hydrazone groups is 1. The Bertz CT molecular complexity index is 793. The molecule has 0 unspecified atom stereocenters. The minimum Gasteiger partial charge on any atom is -0.507 e. The maximum absolute atomic E-state index is 12.4. The predicted octanol–water partition coefficient (Wildman–Crippen LogP) is 2.45. The third-order valence-electron chi connectivity index (χ3n) is 3.06. The first-order chi connectivity index (χ1) is 10.9. The molecule has 1 amide bonds. The molecule has 6 nitrogen and oxygen atoms in total. The van der Waals surface area contributed by atoms with E-state index < -0.39 is 17.4 Å². The Morgan fingerprint density at radius 2 is 1.52 bits per heavy atom. The van der Waals surface area contributed by atoms with Crippen LogP contribution in [0.15, 0.2) is 47.6 Å². The van der Waals surface area contributed by atoms with Gasteiger partial charge in [0.15, 0.2) is 5.78 Å². The lowest BCUT2D eigenvalue weighted by molar-refractivity contribution is 0.0952. The van der Waals surface area contributed by atoms with Crippen LogP contribution < -0.4 is 5.43 Å². The second-order valence-corrected chi connectivity index (χ2v) is 5.05. The van der Waals surface area contributed by atoms with E-state index in [-0.39, 0.29) is 22.4 Å². The van der Waals surface area contributed by atoms with E-state index in [0.717, 1.165) is 0 Å². The normalized spacial score (nSPS) is 10.0. The Labute approximate surface area is 133 Å². The summed E-state index contributed by atoms with van der Waals surface area (Å²) in [6, 6.07) is 10.2. The number of para-hydroxylation sites is 2. The van der Waals surface area contributed by atoms with Gasteiger partial charge >= 0.3 is 0 Å². The summed E-state index contributed by atoms with van der Waals surface area (Å²) in [5, 5.41) is 23.8. The zero-order chi connectivity index (χ0) is 17.0. The second kappa shape index (κ2) is 6.74. The topological polar surface area (TPSA) is 99.0 Å². The molecule has 0 bridgehead atoms. The first-order valence-corrected chi connectivity index (χ1v) is 6.87. The number of hydrogen-bond acceptors (Lipinski definition) is 5. The van der Waals surface area contributed by atoms with Crippen molar-refractivity contribution >= 4 is 17.4 Å². The van der Waals surface area contributed by atoms with Gasteiger partial charge < -0.3 is 10.2 Å². The van der Waals surface area contributed by atoms with Crippen molar-refractivity contribution in [3.05, 3.63) is 59.2 Å². The summed E-state index contributed by atoms with van der Waals surface area (Å²) >= 11 is 0. The Hall–Kier alpha value is -3.15. The van der Waals surface area contributed by atoms with Gasteiger partial charge in [-0.15, -0.1) is 0 Å². The molecule has 0 radical (unpaired) electrons. The van der Waals surface area contributed by atoms with E-state index in [1.54, 1.807) is 26.0 Å². The molecule has 0 atom stereocenters. The summed E-state index contributed by atoms with van der Waals surface area (Å²) in [5.74, 6) is -1.86. The summed E-state index contributed by atoms with van der Waals surface area (Å²) in [7, 11) is 0. The predicted molar refractivity (Wildman–Crippen MR) is 85.9 cm³/mol. The standard InChI is InChI=1S/C17H16N2O4/c1-10(2)18-19-17(23)13-8-5-7-12(16(13)22)15(21)11-6-3-4-9-14(11)20/h3-9,20,22H,1-2H3,(H,19,23). The molecule has 0 saturated carbocycles. The van der Waals surface area contributed by atoms with Gasteiger partial charge in [-0.05, 0) is 38.1 Å². The van der Waals surface area contributed by atoms with Crippen LogP contribution in [0.3, 0.4) is 0 Å². The highest BCUT2D eigenvalue weighted by atomic mass is 16.3. The summed E-state index contributed by atoms with van der Waals surface area (Å²) in [6.45, 7) is 3.41. The highest BCUT2D eigenvalue weighted by Crippen LogP contribution is 2.27. The fourth-order valence-corrected chi connectivity index (χ4v) is 1.94. The number of hydrogen-bond donors (Lipinski definition) is 3. The lowest BCUT2D eigenvalue weighted by Crippen LogP contribution is -2.19. The van der Waals surface area contributed by atoms with Gasteiger partial charge in [0.1, 0.15) is 11.5 Å². The van der Waals surface area contributed by atoms with Crippen LogP contribution in [0.1, 0.15) is 40.1 Å². The zero-order valence-electron chi connectivity index (χ0n) is 12.7. The molecule has 118 valence electrons. The molecular weight excluding hydrogens is 296 g/mol. The molecule has 0 aliphatic carbocycles. The van der Waals surface area contributed by atoms with Gasteiger partial charge in [-0.25, -0.2) is 5.43 Å². The zero-order valence-corrected chi connectivity index (χ0v) is 12.7. The number of benzene rings is 2. The number of carbonyl (C=O) groups is 2. The van der Waals surface area contributed by atoms with Gasteiger partial charge in [-0.3, -0.25) is 9.59 Å². The molecule has 0 spiro atoms. The molecule has 3 N–H and O–H groups in total. The minimum absolute atomic E-state index is 0.0442. The number of amides is 1. The maximum atomic E-state index is 12.4. The molecule has 0 aliphatic heterocycles. The van der Waals surface area contributed by atoms with Crippen molar-refractivity contribution in [2.75, 3.05) is 0 Å². The molecular formula is C17H16N2O4. The molecule has 2 aromatic rings. The molecule has 0 heterocycles. The van der Waals surface area contributed by atoms with Crippen LogP contribution in [0.2, 0.25) is 0 Å². The van der Waals surface area contributed by atoms with Crippen molar-refractivity contribution in [1.29, 1.82) is 0 Å². The number of rotatable bonds is 4. The van der Waals surface area contributed by atoms with Crippen molar-refractivity contribution in [1.82, 2.24) is 5.43 Å². The number of phenols is 2. The summed E-state index contributed by atoms with van der Waals surface area (Å²) in [5.41, 5.74) is 2.82. The summed E-state index contributed by atoms with van der Waals surface area (Å²) in [6.07, 6.45) is 0. The largest absolute Gasteiger partial charge is 0.507 e. The van der Waals surface area contributed by atoms with Gasteiger partial charge in [-0.1, -0.05) is 18.2 Å². The molecule has 0 fully saturated rings. The van der Waals surface area contributed by atoms with E-state index in [2.05, 4.69) is 10.5 Å². The second-order valence-electron chi connectivity index (χ2n) is 5.05. The number of aromatic hydroxyl groups is 2. The van der Waals surface area contributed by atoms with Gasteiger partial charge in [-0.2, -0.15) is 5.10 Å².